The third-order valence-electron chi connectivity index (χ3n) is 9.16. The fourth-order valence-corrected chi connectivity index (χ4v) is 6.85. The van der Waals surface area contributed by atoms with Crippen LogP contribution in [0.2, 0.25) is 0 Å². The Morgan fingerprint density at radius 3 is 2.31 bits per heavy atom. The normalized spacial score (nSPS) is 25.0. The average Bonchev–Trinajstić information content (AvgIpc) is 3.66. The molecule has 0 saturated carbocycles. The van der Waals surface area contributed by atoms with Crippen LogP contribution < -0.4 is 25.7 Å². The van der Waals surface area contributed by atoms with Gasteiger partial charge in [-0.2, -0.15) is 11.4 Å². The van der Waals surface area contributed by atoms with Crippen LogP contribution >= 0.6 is 0 Å². The number of allylic oxidation sites excluding steroid dienone is 2. The molecule has 6 rings (SSSR count). The van der Waals surface area contributed by atoms with E-state index in [0.717, 1.165) is 69.3 Å². The topological polar surface area (TPSA) is 111 Å². The maximum absolute atomic E-state index is 13.7. The number of fused-ring (bicyclic) bond motifs is 7. The van der Waals surface area contributed by atoms with Crippen molar-refractivity contribution in [1.29, 1.82) is 0 Å². The third-order valence-corrected chi connectivity index (χ3v) is 9.16. The Hall–Kier alpha value is -3.49. The molecule has 0 aromatic carbocycles. The van der Waals surface area contributed by atoms with Crippen molar-refractivity contribution >= 4 is 64.7 Å². The van der Waals surface area contributed by atoms with Gasteiger partial charge in [-0.15, -0.1) is 33.5 Å². The number of carboxylic acid groups (broad SMARTS) is 1. The fourth-order valence-electron chi connectivity index (χ4n) is 6.85. The van der Waals surface area contributed by atoms with Crippen molar-refractivity contribution in [3.8, 4) is 0 Å². The Morgan fingerprint density at radius 1 is 0.976 bits per heavy atom. The Kier molecular flexibility index (Phi) is 7.83. The summed E-state index contributed by atoms with van der Waals surface area (Å²) in [7, 11) is 0. The smallest absolute Gasteiger partial charge is 0.664 e. The van der Waals surface area contributed by atoms with Crippen LogP contribution in [0, 0.1) is 38.5 Å². The molecule has 5 heterocycles. The molecule has 212 valence electrons. The van der Waals surface area contributed by atoms with Crippen LogP contribution in [-0.2, 0) is 11.2 Å². The zero-order valence-corrected chi connectivity index (χ0v) is 26.5. The molecule has 3 aromatic rings. The van der Waals surface area contributed by atoms with Crippen LogP contribution in [0.1, 0.15) is 94.6 Å². The number of carbonyl (C=O) groups excluding carboxylic acids is 1. The maximum Gasteiger partial charge on any atom is 2.00 e. The average molecular weight is 571 g/mol. The van der Waals surface area contributed by atoms with E-state index in [1.165, 1.54) is 0 Å². The van der Waals surface area contributed by atoms with E-state index in [2.05, 4.69) is 34.3 Å². The number of aliphatic carboxylic acids is 1. The number of carboxylic acids is 1. The number of rotatable bonds is 5. The molecule has 2 aliphatic heterocycles. The van der Waals surface area contributed by atoms with E-state index in [4.69, 9.17) is 20.3 Å². The van der Waals surface area contributed by atoms with Crippen LogP contribution in [0.15, 0.2) is 18.0 Å². The molecule has 1 N–H and O–H groups in total. The van der Waals surface area contributed by atoms with E-state index in [0.29, 0.717) is 33.8 Å². The van der Waals surface area contributed by atoms with Crippen molar-refractivity contribution in [3.63, 3.8) is 0 Å². The van der Waals surface area contributed by atoms with E-state index in [-0.39, 0.29) is 34.9 Å². The largest absolute Gasteiger partial charge is 2.00 e. The van der Waals surface area contributed by atoms with Gasteiger partial charge in [0.25, 0.3) is 0 Å². The number of aromatic nitrogens is 3. The third kappa shape index (κ3) is 4.30. The second-order valence-electron chi connectivity index (χ2n) is 11.4. The minimum absolute atomic E-state index is 0. The van der Waals surface area contributed by atoms with E-state index in [1.807, 2.05) is 38.2 Å². The van der Waals surface area contributed by atoms with Gasteiger partial charge in [0.2, 0.25) is 0 Å². The van der Waals surface area contributed by atoms with Crippen molar-refractivity contribution < 1.29 is 14.7 Å². The molecule has 0 amide bonds. The first-order valence-electron chi connectivity index (χ1n) is 14.4. The molecular weight excluding hydrogens is 537 g/mol. The monoisotopic (exact) mass is 570 g/mol. The summed E-state index contributed by atoms with van der Waals surface area (Å²) >= 11 is 0. The van der Waals surface area contributed by atoms with Gasteiger partial charge in [-0.25, -0.2) is 0 Å². The number of ketones is 1. The quantitative estimate of drug-likeness (QED) is 0.360. The van der Waals surface area contributed by atoms with Gasteiger partial charge < -0.3 is 25.4 Å². The summed E-state index contributed by atoms with van der Waals surface area (Å²) in [5, 5.41) is 17.0. The van der Waals surface area contributed by atoms with Gasteiger partial charge in [-0.3, -0.25) is 9.59 Å². The SMILES string of the molecule is C=Cc1c2[n-]c(c1C)/C=C1\[N-]/C(=C3\c4[n-]c(c(C)c4C(=O)[C@@H]3C(=O)O)/C=c3\[n-]/c(c(C)c3CC)=C\2)[C@@H](CCC)[C@@H]1C.[Mg+2]. The number of hydrogen-bond acceptors (Lipinski definition) is 2. The van der Waals surface area contributed by atoms with Crippen LogP contribution in [-0.4, -0.2) is 39.9 Å². The fraction of sp³-hybridized carbons (Fsp3) is 0.353. The summed E-state index contributed by atoms with van der Waals surface area (Å²) in [6, 6.07) is 0. The number of carbonyl (C=O) groups is 2. The molecule has 8 heteroatoms. The second-order valence-corrected chi connectivity index (χ2v) is 11.4. The van der Waals surface area contributed by atoms with Crippen LogP contribution in [0.25, 0.3) is 35.2 Å². The molecule has 8 bridgehead atoms. The second kappa shape index (κ2) is 11.0. The minimum atomic E-state index is -1.31. The van der Waals surface area contributed by atoms with Crippen molar-refractivity contribution in [2.24, 2.45) is 17.8 Å². The minimum Gasteiger partial charge on any atom is -0.664 e. The molecule has 0 radical (unpaired) electrons. The molecule has 0 unspecified atom stereocenters. The van der Waals surface area contributed by atoms with Crippen molar-refractivity contribution in [3.05, 3.63) is 90.1 Å². The van der Waals surface area contributed by atoms with Crippen molar-refractivity contribution in [1.82, 2.24) is 15.0 Å². The van der Waals surface area contributed by atoms with Crippen molar-refractivity contribution in [2.45, 2.75) is 60.8 Å². The maximum atomic E-state index is 13.7. The van der Waals surface area contributed by atoms with Crippen molar-refractivity contribution in [2.75, 3.05) is 0 Å². The molecule has 1 aliphatic carbocycles. The van der Waals surface area contributed by atoms with E-state index in [9.17, 15) is 14.7 Å². The Bertz CT molecular complexity index is 1840. The van der Waals surface area contributed by atoms with Crippen LogP contribution in [0.5, 0.6) is 0 Å². The summed E-state index contributed by atoms with van der Waals surface area (Å²) < 4.78 is 0. The van der Waals surface area contributed by atoms with E-state index in [1.54, 1.807) is 0 Å². The molecule has 42 heavy (non-hydrogen) atoms. The molecule has 7 nitrogen and oxygen atoms in total. The standard InChI is InChI=1S/C34H36N4O3.Mg/c1-8-11-21-17(6)24-12-22-15(4)19(9-2)26(35-22)13-23-16(5)20(10-3)27(36-23)14-25-18(7)28-32(38-25)29(31(21)37-24)30(33(28)39)34(40)41;/h9,12-14,17,21,30H,2,8,10-11H2,1,3-7H3,(H3,37,38,39,40,41);/q-2;+2/p-2/b23-13-,24-12-,27-14-;/t17-,21-,30+;/m0./s1. The van der Waals surface area contributed by atoms with Gasteiger partial charge in [0.1, 0.15) is 5.92 Å². The summed E-state index contributed by atoms with van der Waals surface area (Å²) in [4.78, 5) is 41.2. The van der Waals surface area contributed by atoms with Crippen LogP contribution in [0.3, 0.4) is 0 Å². The van der Waals surface area contributed by atoms with Gasteiger partial charge in [0.15, 0.2) is 5.78 Å². The zero-order chi connectivity index (χ0) is 29.3. The molecule has 1 fully saturated rings. The number of nitrogens with zero attached hydrogens (tertiary/aromatic N) is 4. The summed E-state index contributed by atoms with van der Waals surface area (Å²) in [6.07, 6.45) is 10.3. The van der Waals surface area contributed by atoms with E-state index >= 15 is 0 Å². The van der Waals surface area contributed by atoms with Gasteiger partial charge in [-0.05, 0) is 51.0 Å². The predicted molar refractivity (Wildman–Crippen MR) is 166 cm³/mol. The van der Waals surface area contributed by atoms with Gasteiger partial charge in [-0.1, -0.05) is 85.9 Å². The molecular formula is C34H34MgN4O3-2. The molecule has 0 spiro atoms. The summed E-state index contributed by atoms with van der Waals surface area (Å²) in [5.41, 5.74) is 9.87. The van der Waals surface area contributed by atoms with E-state index < -0.39 is 17.7 Å². The predicted octanol–water partition coefficient (Wildman–Crippen LogP) is 4.37. The first kappa shape index (κ1) is 30.0. The zero-order valence-electron chi connectivity index (χ0n) is 25.1. The Morgan fingerprint density at radius 2 is 1.67 bits per heavy atom. The Labute approximate surface area is 262 Å². The molecule has 3 atom stereocenters. The first-order valence-corrected chi connectivity index (χ1v) is 14.4. The number of hydrogen-bond donors (Lipinski definition) is 1. The molecule has 1 saturated heterocycles. The molecule has 3 aromatic heterocycles. The number of Topliss-reactive ketones (excluding diaryl/α,β-unsaturated/α-hetero) is 1. The first-order chi connectivity index (χ1) is 19.6. The summed E-state index contributed by atoms with van der Waals surface area (Å²) in [6.45, 7) is 16.3. The van der Waals surface area contributed by atoms with Gasteiger partial charge >= 0.3 is 29.0 Å². The van der Waals surface area contributed by atoms with Crippen LogP contribution in [0.4, 0.5) is 0 Å². The summed E-state index contributed by atoms with van der Waals surface area (Å²) in [5.74, 6) is -2.90. The van der Waals surface area contributed by atoms with Gasteiger partial charge in [0, 0.05) is 5.56 Å². The van der Waals surface area contributed by atoms with Gasteiger partial charge in [0.05, 0.1) is 0 Å². The molecule has 3 aliphatic rings. The Balaban J connectivity index is 0.00000353.